The number of alkyl carbamates (subject to hydrolysis) is 1. The molecule has 0 spiro atoms. The van der Waals surface area contributed by atoms with Crippen LogP contribution in [0.15, 0.2) is 36.0 Å². The maximum Gasteiger partial charge on any atom is 0.407 e. The first-order chi connectivity index (χ1) is 25.5. The van der Waals surface area contributed by atoms with Crippen LogP contribution in [0.2, 0.25) is 0 Å². The van der Waals surface area contributed by atoms with Crippen LogP contribution in [0.5, 0.6) is 0 Å². The topological polar surface area (TPSA) is 147 Å². The maximum atomic E-state index is 14.2. The van der Waals surface area contributed by atoms with E-state index in [2.05, 4.69) is 25.3 Å². The molecule has 5 fully saturated rings. The van der Waals surface area contributed by atoms with E-state index in [0.717, 1.165) is 52.2 Å². The number of hydrogen-bond donors (Lipinski definition) is 2. The van der Waals surface area contributed by atoms with Crippen LogP contribution in [-0.2, 0) is 23.8 Å². The lowest BCUT2D eigenvalue weighted by molar-refractivity contribution is -0.204. The lowest BCUT2D eigenvalue weighted by atomic mass is 9.63. The number of nitrogens with one attached hydrogen (secondary N) is 2. The molecule has 0 bridgehead atoms. The van der Waals surface area contributed by atoms with Gasteiger partial charge in [0, 0.05) is 79.9 Å². The first kappa shape index (κ1) is 36.3. The Hall–Kier alpha value is -3.65. The highest BCUT2D eigenvalue weighted by Gasteiger charge is 2.60. The Kier molecular flexibility index (Phi) is 9.97. The third-order valence-electron chi connectivity index (χ3n) is 12.6. The number of ether oxygens (including phenoxy) is 3. The van der Waals surface area contributed by atoms with Crippen LogP contribution in [0.25, 0.3) is 0 Å². The molecule has 4 heterocycles. The predicted octanol–water partition coefficient (Wildman–Crippen LogP) is 2.58. The fourth-order valence-corrected chi connectivity index (χ4v) is 10.2. The maximum absolute atomic E-state index is 14.2. The summed E-state index contributed by atoms with van der Waals surface area (Å²) in [6, 6.07) is 6.41. The number of benzene rings is 1. The van der Waals surface area contributed by atoms with Crippen molar-refractivity contribution in [3.05, 3.63) is 47.2 Å². The van der Waals surface area contributed by atoms with E-state index in [1.165, 1.54) is 0 Å². The Labute approximate surface area is 311 Å². The van der Waals surface area contributed by atoms with Gasteiger partial charge in [0.15, 0.2) is 17.3 Å². The van der Waals surface area contributed by atoms with E-state index in [0.29, 0.717) is 49.9 Å². The molecule has 2 amide bonds. The van der Waals surface area contributed by atoms with Crippen molar-refractivity contribution in [1.82, 2.24) is 25.3 Å². The van der Waals surface area contributed by atoms with Gasteiger partial charge in [0.1, 0.15) is 5.60 Å². The zero-order valence-corrected chi connectivity index (χ0v) is 31.1. The lowest BCUT2D eigenvalue weighted by Crippen LogP contribution is -2.72. The molecular formula is C40H53N5O8. The third-order valence-corrected chi connectivity index (χ3v) is 12.6. The first-order valence-electron chi connectivity index (χ1n) is 19.6. The fraction of sp³-hybridized carbons (Fsp3) is 0.675. The second-order valence-corrected chi connectivity index (χ2v) is 17.0. The highest BCUT2D eigenvalue weighted by Crippen LogP contribution is 2.50. The van der Waals surface area contributed by atoms with Crippen molar-refractivity contribution < 1.29 is 38.2 Å². The number of amides is 2. The average molecular weight is 732 g/mol. The molecule has 1 aromatic rings. The van der Waals surface area contributed by atoms with Gasteiger partial charge in [0.05, 0.1) is 43.1 Å². The molecule has 2 N–H and O–H groups in total. The van der Waals surface area contributed by atoms with Crippen molar-refractivity contribution in [2.75, 3.05) is 52.5 Å². The Morgan fingerprint density at radius 1 is 0.887 bits per heavy atom. The van der Waals surface area contributed by atoms with E-state index in [1.54, 1.807) is 30.5 Å². The molecule has 13 heteroatoms. The zero-order valence-electron chi connectivity index (χ0n) is 31.1. The highest BCUT2D eigenvalue weighted by molar-refractivity contribution is 6.20. The molecule has 8 rings (SSSR count). The molecule has 3 saturated heterocycles. The summed E-state index contributed by atoms with van der Waals surface area (Å²) in [5.74, 6) is -1.94. The van der Waals surface area contributed by atoms with Gasteiger partial charge < -0.3 is 29.7 Å². The summed E-state index contributed by atoms with van der Waals surface area (Å²) in [6.45, 7) is 11.4. The van der Waals surface area contributed by atoms with Crippen molar-refractivity contribution in [3.63, 3.8) is 0 Å². The lowest BCUT2D eigenvalue weighted by Gasteiger charge is -2.60. The Morgan fingerprint density at radius 3 is 2.32 bits per heavy atom. The molecule has 0 aromatic heterocycles. The molecule has 2 saturated carbocycles. The molecule has 3 aliphatic carbocycles. The van der Waals surface area contributed by atoms with Gasteiger partial charge in [-0.3, -0.25) is 29.0 Å². The molecule has 53 heavy (non-hydrogen) atoms. The van der Waals surface area contributed by atoms with Gasteiger partial charge in [-0.2, -0.15) is 0 Å². The minimum Gasteiger partial charge on any atom is -0.444 e. The predicted molar refractivity (Wildman–Crippen MR) is 193 cm³/mol. The van der Waals surface area contributed by atoms with Crippen LogP contribution >= 0.6 is 0 Å². The molecule has 0 radical (unpaired) electrons. The standard InChI is InChI=1S/C40H53N5O8/c1-40(2,3)53-39(50)42-23-11-14-44(21-23)30-10-9-26-33-37(30)52-32-20-28-27(34(46)24-7-4-5-8-25(24)35(28)47)19-31(32)45(33)22-29(36(26)48)38(49)41-12-6-13-43-15-17-51-18-16-43/h4-5,7-8,22-23,26-28,30-33,37H,6,9-21H2,1-3H3,(H,41,49)(H,42,50). The van der Waals surface area contributed by atoms with Crippen LogP contribution in [0.3, 0.4) is 0 Å². The van der Waals surface area contributed by atoms with Crippen molar-refractivity contribution in [1.29, 1.82) is 0 Å². The SMILES string of the molecule is CC(C)(C)OC(=O)NC1CCN(C2CCC3C(=O)C(C(=O)NCCCN4CCOCC4)=CN4C5CC6C(=O)c7ccccc7C(=O)C6CC5OC2C34)C1. The summed E-state index contributed by atoms with van der Waals surface area (Å²) in [7, 11) is 0. The second-order valence-electron chi connectivity index (χ2n) is 17.0. The van der Waals surface area contributed by atoms with Gasteiger partial charge in [-0.05, 0) is 65.8 Å². The molecule has 4 aliphatic heterocycles. The largest absolute Gasteiger partial charge is 0.444 e. The van der Waals surface area contributed by atoms with Gasteiger partial charge in [-0.25, -0.2) is 4.79 Å². The van der Waals surface area contributed by atoms with Crippen LogP contribution < -0.4 is 10.6 Å². The number of nitrogens with zero attached hydrogens (tertiary/aromatic N) is 3. The number of fused-ring (bicyclic) bond motifs is 4. The van der Waals surface area contributed by atoms with Crippen molar-refractivity contribution in [2.45, 2.75) is 101 Å². The zero-order chi connectivity index (χ0) is 37.0. The van der Waals surface area contributed by atoms with Crippen LogP contribution in [0.4, 0.5) is 4.79 Å². The summed E-state index contributed by atoms with van der Waals surface area (Å²) < 4.78 is 18.1. The number of likely N-dealkylation sites (tertiary alicyclic amines) is 1. The minimum atomic E-state index is -0.595. The summed E-state index contributed by atoms with van der Waals surface area (Å²) in [5.41, 5.74) is 0.532. The summed E-state index contributed by atoms with van der Waals surface area (Å²) in [4.78, 5) is 75.3. The van der Waals surface area contributed by atoms with Gasteiger partial charge >= 0.3 is 6.09 Å². The van der Waals surface area contributed by atoms with Gasteiger partial charge in [0.25, 0.3) is 5.91 Å². The fourth-order valence-electron chi connectivity index (χ4n) is 10.2. The van der Waals surface area contributed by atoms with Crippen LogP contribution in [0, 0.1) is 17.8 Å². The summed E-state index contributed by atoms with van der Waals surface area (Å²) in [6.07, 6.45) is 4.26. The first-order valence-corrected chi connectivity index (χ1v) is 19.6. The van der Waals surface area contributed by atoms with Gasteiger partial charge in [-0.1, -0.05) is 24.3 Å². The van der Waals surface area contributed by atoms with E-state index in [-0.39, 0.29) is 65.2 Å². The van der Waals surface area contributed by atoms with Crippen molar-refractivity contribution >= 4 is 29.4 Å². The second kappa shape index (κ2) is 14.5. The molecule has 7 aliphatic rings. The highest BCUT2D eigenvalue weighted by atomic mass is 16.6. The van der Waals surface area contributed by atoms with Gasteiger partial charge in [-0.15, -0.1) is 0 Å². The number of ketones is 3. The molecule has 13 nitrogen and oxygen atoms in total. The van der Waals surface area contributed by atoms with Crippen molar-refractivity contribution in [2.24, 2.45) is 17.8 Å². The van der Waals surface area contributed by atoms with E-state index < -0.39 is 29.4 Å². The Balaban J connectivity index is 1.04. The van der Waals surface area contributed by atoms with Crippen LogP contribution in [-0.4, -0.2) is 139 Å². The summed E-state index contributed by atoms with van der Waals surface area (Å²) >= 11 is 0. The number of carbonyl (C=O) groups excluding carboxylic acids is 5. The monoisotopic (exact) mass is 731 g/mol. The number of Topliss-reactive ketones (excluding diaryl/α,β-unsaturated/α-hetero) is 3. The quantitative estimate of drug-likeness (QED) is 0.315. The van der Waals surface area contributed by atoms with Crippen LogP contribution in [0.1, 0.15) is 80.0 Å². The number of rotatable bonds is 7. The molecular weight excluding hydrogens is 678 g/mol. The molecule has 286 valence electrons. The average Bonchev–Trinajstić information content (AvgIpc) is 3.60. The summed E-state index contributed by atoms with van der Waals surface area (Å²) in [5, 5.41) is 6.06. The van der Waals surface area contributed by atoms with E-state index in [9.17, 15) is 24.0 Å². The third kappa shape index (κ3) is 7.05. The molecule has 9 unspecified atom stereocenters. The smallest absolute Gasteiger partial charge is 0.407 e. The number of hydrogen-bond acceptors (Lipinski definition) is 11. The van der Waals surface area contributed by atoms with Crippen molar-refractivity contribution in [3.8, 4) is 0 Å². The molecule has 9 atom stereocenters. The number of morpholine rings is 2. The van der Waals surface area contributed by atoms with Gasteiger partial charge in [0.2, 0.25) is 0 Å². The van der Waals surface area contributed by atoms with E-state index in [4.69, 9.17) is 14.2 Å². The van der Waals surface area contributed by atoms with E-state index in [1.807, 2.05) is 20.8 Å². The molecule has 1 aromatic carbocycles. The Bertz CT molecular complexity index is 1670. The normalized spacial score (nSPS) is 34.3. The number of carbonyl (C=O) groups is 5. The Morgan fingerprint density at radius 2 is 1.60 bits per heavy atom. The van der Waals surface area contributed by atoms with E-state index >= 15 is 0 Å². The minimum absolute atomic E-state index is 0.00967.